The number of hydrogen-bond donors (Lipinski definition) is 1. The van der Waals surface area contributed by atoms with E-state index in [0.717, 1.165) is 28.3 Å². The van der Waals surface area contributed by atoms with Crippen molar-refractivity contribution in [3.05, 3.63) is 75.6 Å². The van der Waals surface area contributed by atoms with Crippen molar-refractivity contribution in [2.45, 2.75) is 41.5 Å². The highest BCUT2D eigenvalue weighted by molar-refractivity contribution is 5.83. The van der Waals surface area contributed by atoms with Gasteiger partial charge in [-0.05, 0) is 88.1 Å². The van der Waals surface area contributed by atoms with Gasteiger partial charge >= 0.3 is 0 Å². The number of nitrogens with zero attached hydrogens (tertiary/aromatic N) is 3. The number of nitrogens with one attached hydrogen (secondary N) is 1. The number of anilines is 1. The van der Waals surface area contributed by atoms with E-state index in [4.69, 9.17) is 5.10 Å². The van der Waals surface area contributed by atoms with Crippen LogP contribution in [-0.4, -0.2) is 16.0 Å². The zero-order valence-corrected chi connectivity index (χ0v) is 16.4. The highest BCUT2D eigenvalue weighted by atomic mass is 15.3. The molecule has 2 aromatic carbocycles. The van der Waals surface area contributed by atoms with Gasteiger partial charge in [0.25, 0.3) is 0 Å². The molecule has 0 saturated heterocycles. The van der Waals surface area contributed by atoms with Gasteiger partial charge in [0.1, 0.15) is 0 Å². The smallest absolute Gasteiger partial charge is 0.0689 e. The lowest BCUT2D eigenvalue weighted by atomic mass is 10.1. The van der Waals surface area contributed by atoms with Crippen LogP contribution in [0.25, 0.3) is 5.69 Å². The van der Waals surface area contributed by atoms with Crippen molar-refractivity contribution in [1.29, 1.82) is 0 Å². The molecule has 0 saturated carbocycles. The minimum absolute atomic E-state index is 0.964. The second-order valence-electron chi connectivity index (χ2n) is 6.93. The number of hydrazone groups is 1. The molecule has 0 spiro atoms. The van der Waals surface area contributed by atoms with Crippen LogP contribution < -0.4 is 5.43 Å². The van der Waals surface area contributed by atoms with Crippen LogP contribution in [0.1, 0.15) is 39.2 Å². The Labute approximate surface area is 155 Å². The molecule has 1 heterocycles. The van der Waals surface area contributed by atoms with Crippen molar-refractivity contribution >= 4 is 11.9 Å². The molecule has 3 aromatic rings. The topological polar surface area (TPSA) is 42.2 Å². The number of hydrogen-bond acceptors (Lipinski definition) is 3. The lowest BCUT2D eigenvalue weighted by Crippen LogP contribution is -2.00. The molecular formula is C22H26N4. The molecule has 0 aliphatic carbocycles. The summed E-state index contributed by atoms with van der Waals surface area (Å²) >= 11 is 0. The molecule has 0 unspecified atom stereocenters. The van der Waals surface area contributed by atoms with Crippen molar-refractivity contribution in [2.24, 2.45) is 5.10 Å². The molecule has 0 bridgehead atoms. The van der Waals surface area contributed by atoms with Crippen molar-refractivity contribution in [3.63, 3.8) is 0 Å². The van der Waals surface area contributed by atoms with Gasteiger partial charge in [0.2, 0.25) is 0 Å². The summed E-state index contributed by atoms with van der Waals surface area (Å²) in [5.41, 5.74) is 13.3. The fraction of sp³-hybridized carbons (Fsp3) is 0.273. The van der Waals surface area contributed by atoms with E-state index in [1.807, 2.05) is 23.9 Å². The average molecular weight is 346 g/mol. The zero-order valence-electron chi connectivity index (χ0n) is 16.4. The molecule has 26 heavy (non-hydrogen) atoms. The van der Waals surface area contributed by atoms with Crippen LogP contribution in [0.15, 0.2) is 41.5 Å². The van der Waals surface area contributed by atoms with Gasteiger partial charge < -0.3 is 0 Å². The van der Waals surface area contributed by atoms with Gasteiger partial charge in [0.05, 0.1) is 29.0 Å². The quantitative estimate of drug-likeness (QED) is 0.523. The summed E-state index contributed by atoms with van der Waals surface area (Å²) < 4.78 is 1.99. The fourth-order valence-electron chi connectivity index (χ4n) is 2.93. The van der Waals surface area contributed by atoms with E-state index in [0.29, 0.717) is 0 Å². The highest BCUT2D eigenvalue weighted by Gasteiger charge is 2.11. The van der Waals surface area contributed by atoms with Gasteiger partial charge in [-0.15, -0.1) is 0 Å². The summed E-state index contributed by atoms with van der Waals surface area (Å²) in [6.07, 6.45) is 1.85. The van der Waals surface area contributed by atoms with Crippen LogP contribution in [0.4, 0.5) is 5.69 Å². The maximum absolute atomic E-state index is 4.70. The van der Waals surface area contributed by atoms with Crippen LogP contribution in [-0.2, 0) is 0 Å². The molecule has 0 atom stereocenters. The maximum atomic E-state index is 4.70. The Kier molecular flexibility index (Phi) is 4.94. The molecule has 134 valence electrons. The first-order valence-corrected chi connectivity index (χ1v) is 8.87. The van der Waals surface area contributed by atoms with Gasteiger partial charge in [0.15, 0.2) is 0 Å². The van der Waals surface area contributed by atoms with E-state index in [9.17, 15) is 0 Å². The first-order chi connectivity index (χ1) is 12.4. The van der Waals surface area contributed by atoms with Crippen LogP contribution in [0.3, 0.4) is 0 Å². The van der Waals surface area contributed by atoms with Crippen molar-refractivity contribution in [1.82, 2.24) is 9.78 Å². The Balaban J connectivity index is 1.85. The first-order valence-electron chi connectivity index (χ1n) is 8.87. The summed E-state index contributed by atoms with van der Waals surface area (Å²) in [5.74, 6) is 0. The highest BCUT2D eigenvalue weighted by Crippen LogP contribution is 2.19. The number of aryl methyl sites for hydroxylation is 5. The molecule has 3 rings (SSSR count). The lowest BCUT2D eigenvalue weighted by molar-refractivity contribution is 0.832. The molecule has 0 aliphatic rings. The molecule has 0 amide bonds. The Bertz CT molecular complexity index is 980. The Morgan fingerprint density at radius 2 is 1.50 bits per heavy atom. The first kappa shape index (κ1) is 17.9. The van der Waals surface area contributed by atoms with E-state index < -0.39 is 0 Å². The number of rotatable bonds is 4. The van der Waals surface area contributed by atoms with Crippen LogP contribution in [0.2, 0.25) is 0 Å². The third-order valence-corrected chi connectivity index (χ3v) is 4.98. The van der Waals surface area contributed by atoms with Crippen LogP contribution in [0.5, 0.6) is 0 Å². The third kappa shape index (κ3) is 3.54. The summed E-state index contributed by atoms with van der Waals surface area (Å²) in [5, 5.41) is 9.11. The number of aromatic nitrogens is 2. The summed E-state index contributed by atoms with van der Waals surface area (Å²) in [6, 6.07) is 12.7. The molecule has 4 nitrogen and oxygen atoms in total. The van der Waals surface area contributed by atoms with Gasteiger partial charge in [0, 0.05) is 5.56 Å². The minimum atomic E-state index is 0.964. The molecule has 1 aromatic heterocycles. The van der Waals surface area contributed by atoms with Crippen LogP contribution >= 0.6 is 0 Å². The predicted octanol–water partition coefficient (Wildman–Crippen LogP) is 5.17. The third-order valence-electron chi connectivity index (χ3n) is 4.98. The van der Waals surface area contributed by atoms with E-state index in [1.165, 1.54) is 22.3 Å². The SMILES string of the molecule is Cc1ccc(N/N=C/c2c(C)nn(-c3ccc(C)c(C)c3)c2C)cc1C. The Morgan fingerprint density at radius 3 is 2.15 bits per heavy atom. The molecule has 0 radical (unpaired) electrons. The fourth-order valence-corrected chi connectivity index (χ4v) is 2.93. The predicted molar refractivity (Wildman–Crippen MR) is 110 cm³/mol. The summed E-state index contributed by atoms with van der Waals surface area (Å²) in [4.78, 5) is 0. The van der Waals surface area contributed by atoms with Gasteiger partial charge in [-0.3, -0.25) is 5.43 Å². The average Bonchev–Trinajstić information content (AvgIpc) is 2.88. The van der Waals surface area contributed by atoms with Crippen LogP contribution in [0, 0.1) is 41.5 Å². The van der Waals surface area contributed by atoms with Gasteiger partial charge in [-0.25, -0.2) is 4.68 Å². The molecular weight excluding hydrogens is 320 g/mol. The van der Waals surface area contributed by atoms with Crippen molar-refractivity contribution in [2.75, 3.05) is 5.43 Å². The number of benzene rings is 2. The Hall–Kier alpha value is -2.88. The normalized spacial score (nSPS) is 11.3. The van der Waals surface area contributed by atoms with E-state index in [2.05, 4.69) is 75.5 Å². The summed E-state index contributed by atoms with van der Waals surface area (Å²) in [7, 11) is 0. The Morgan fingerprint density at radius 1 is 0.846 bits per heavy atom. The van der Waals surface area contributed by atoms with Gasteiger partial charge in [-0.2, -0.15) is 10.2 Å². The van der Waals surface area contributed by atoms with E-state index >= 15 is 0 Å². The minimum Gasteiger partial charge on any atom is -0.278 e. The summed E-state index contributed by atoms with van der Waals surface area (Å²) in [6.45, 7) is 12.5. The van der Waals surface area contributed by atoms with Crippen molar-refractivity contribution in [3.8, 4) is 5.69 Å². The molecule has 4 heteroatoms. The largest absolute Gasteiger partial charge is 0.278 e. The standard InChI is InChI=1S/C22H26N4/c1-14-7-9-20(11-16(14)3)24-23-13-22-18(5)25-26(19(22)6)21-10-8-15(2)17(4)12-21/h7-13,24H,1-6H3/b23-13+. The maximum Gasteiger partial charge on any atom is 0.0689 e. The lowest BCUT2D eigenvalue weighted by Gasteiger charge is -2.07. The van der Waals surface area contributed by atoms with E-state index in [-0.39, 0.29) is 0 Å². The van der Waals surface area contributed by atoms with E-state index in [1.54, 1.807) is 0 Å². The molecule has 0 aliphatic heterocycles. The van der Waals surface area contributed by atoms with Gasteiger partial charge in [-0.1, -0.05) is 12.1 Å². The zero-order chi connectivity index (χ0) is 18.8. The molecule has 1 N–H and O–H groups in total. The second-order valence-corrected chi connectivity index (χ2v) is 6.93. The second kappa shape index (κ2) is 7.16. The van der Waals surface area contributed by atoms with Crippen molar-refractivity contribution < 1.29 is 0 Å². The molecule has 0 fully saturated rings. The monoisotopic (exact) mass is 346 g/mol.